The molecule has 0 aliphatic heterocycles. The second-order valence-electron chi connectivity index (χ2n) is 8.28. The van der Waals surface area contributed by atoms with Gasteiger partial charge in [-0.2, -0.15) is 0 Å². The monoisotopic (exact) mass is 473 g/mol. The van der Waals surface area contributed by atoms with E-state index in [-0.39, 0.29) is 6.61 Å². The first-order chi connectivity index (χ1) is 17.2. The van der Waals surface area contributed by atoms with E-state index < -0.39 is 6.09 Å². The second kappa shape index (κ2) is 12.1. The van der Waals surface area contributed by atoms with Crippen molar-refractivity contribution < 1.29 is 23.7 Å². The van der Waals surface area contributed by atoms with Gasteiger partial charge in [0.15, 0.2) is 0 Å². The minimum absolute atomic E-state index is 0.223. The first-order valence-corrected chi connectivity index (χ1v) is 11.8. The molecule has 4 rings (SSSR count). The summed E-state index contributed by atoms with van der Waals surface area (Å²) in [6.07, 6.45) is 1.22. The minimum atomic E-state index is -0.411. The molecule has 0 atom stereocenters. The van der Waals surface area contributed by atoms with Crippen molar-refractivity contribution in [2.24, 2.45) is 0 Å². The van der Waals surface area contributed by atoms with Crippen LogP contribution in [0, 0.1) is 0 Å². The average molecular weight is 474 g/mol. The Hall–Kier alpha value is -3.77. The highest BCUT2D eigenvalue weighted by Gasteiger charge is 2.10. The summed E-state index contributed by atoms with van der Waals surface area (Å²) in [5, 5.41) is 7.31. The number of fused-ring (bicyclic) bond motifs is 2. The van der Waals surface area contributed by atoms with E-state index in [0.717, 1.165) is 57.0 Å². The molecule has 0 spiro atoms. The molecule has 4 aromatic rings. The third-order valence-corrected chi connectivity index (χ3v) is 5.90. The molecule has 0 aliphatic carbocycles. The number of nitrogens with one attached hydrogen (secondary N) is 1. The Bertz CT molecular complexity index is 1210. The lowest BCUT2D eigenvalue weighted by atomic mass is 9.97. The Morgan fingerprint density at radius 1 is 0.771 bits per heavy atom. The van der Waals surface area contributed by atoms with Gasteiger partial charge in [0.2, 0.25) is 0 Å². The normalized spacial score (nSPS) is 10.9. The third kappa shape index (κ3) is 6.43. The predicted octanol–water partition coefficient (Wildman–Crippen LogP) is 6.23. The molecular formula is C29H31NO5. The van der Waals surface area contributed by atoms with Crippen LogP contribution in [0.15, 0.2) is 72.8 Å². The zero-order valence-electron chi connectivity index (χ0n) is 20.2. The van der Waals surface area contributed by atoms with Crippen molar-refractivity contribution >= 4 is 27.6 Å². The zero-order valence-corrected chi connectivity index (χ0v) is 20.2. The van der Waals surface area contributed by atoms with Crippen LogP contribution in [0.5, 0.6) is 11.5 Å². The van der Waals surface area contributed by atoms with Gasteiger partial charge in [-0.1, -0.05) is 48.5 Å². The fraction of sp³-hybridized carbons (Fsp3) is 0.276. The summed E-state index contributed by atoms with van der Waals surface area (Å²) in [4.78, 5) is 12.3. The molecule has 0 aliphatic rings. The van der Waals surface area contributed by atoms with Gasteiger partial charge in [0, 0.05) is 24.8 Å². The van der Waals surface area contributed by atoms with Crippen LogP contribution in [0.3, 0.4) is 0 Å². The number of benzene rings is 4. The van der Waals surface area contributed by atoms with Crippen molar-refractivity contribution in [1.82, 2.24) is 5.32 Å². The molecule has 4 aromatic carbocycles. The molecular weight excluding hydrogens is 442 g/mol. The van der Waals surface area contributed by atoms with Gasteiger partial charge in [0.05, 0.1) is 20.8 Å². The second-order valence-corrected chi connectivity index (χ2v) is 8.28. The Labute approximate surface area is 205 Å². The van der Waals surface area contributed by atoms with Gasteiger partial charge in [-0.25, -0.2) is 4.79 Å². The number of hydrogen-bond acceptors (Lipinski definition) is 5. The van der Waals surface area contributed by atoms with Gasteiger partial charge >= 0.3 is 6.09 Å². The largest absolute Gasteiger partial charge is 0.497 e. The van der Waals surface area contributed by atoms with Crippen LogP contribution in [-0.4, -0.2) is 33.5 Å². The van der Waals surface area contributed by atoms with Crippen LogP contribution in [0.25, 0.3) is 21.5 Å². The number of methoxy groups -OCH3 is 2. The van der Waals surface area contributed by atoms with Crippen LogP contribution in [-0.2, 0) is 22.7 Å². The minimum Gasteiger partial charge on any atom is -0.497 e. The van der Waals surface area contributed by atoms with Gasteiger partial charge in [0.1, 0.15) is 18.1 Å². The highest BCUT2D eigenvalue weighted by atomic mass is 16.5. The molecule has 182 valence electrons. The van der Waals surface area contributed by atoms with Gasteiger partial charge in [-0.15, -0.1) is 0 Å². The fourth-order valence-corrected chi connectivity index (χ4v) is 4.11. The zero-order chi connectivity index (χ0) is 24.5. The number of carbonyl (C=O) groups is 1. The third-order valence-electron chi connectivity index (χ3n) is 5.90. The molecule has 0 saturated heterocycles. The number of alkyl carbamates (subject to hydrolysis) is 1. The Morgan fingerprint density at radius 3 is 2.03 bits per heavy atom. The Morgan fingerprint density at radius 2 is 1.40 bits per heavy atom. The van der Waals surface area contributed by atoms with Gasteiger partial charge < -0.3 is 24.3 Å². The van der Waals surface area contributed by atoms with Crippen molar-refractivity contribution in [3.05, 3.63) is 83.9 Å². The standard InChI is InChI=1S/C29H31NO5/c1-32-24-15-21(16-25(18-24)33-2)19-34-14-8-7-13-30-29(31)35-20-28-26-11-5-3-9-22(26)17-23-10-4-6-12-27(23)28/h3-6,9-12,15-18H,7-8,13-14,19-20H2,1-2H3,(H,30,31). The lowest BCUT2D eigenvalue weighted by molar-refractivity contribution is 0.115. The fourth-order valence-electron chi connectivity index (χ4n) is 4.11. The summed E-state index contributed by atoms with van der Waals surface area (Å²) >= 11 is 0. The quantitative estimate of drug-likeness (QED) is 0.207. The number of rotatable bonds is 11. The average Bonchev–Trinajstić information content (AvgIpc) is 2.90. The summed E-state index contributed by atoms with van der Waals surface area (Å²) in [5.74, 6) is 1.48. The molecule has 6 heteroatoms. The maximum absolute atomic E-state index is 12.3. The summed E-state index contributed by atoms with van der Waals surface area (Å²) in [7, 11) is 3.25. The number of hydrogen-bond donors (Lipinski definition) is 1. The van der Waals surface area contributed by atoms with Crippen LogP contribution < -0.4 is 14.8 Å². The molecule has 0 unspecified atom stereocenters. The molecule has 0 radical (unpaired) electrons. The molecule has 0 bridgehead atoms. The van der Waals surface area contributed by atoms with Crippen LogP contribution in [0.1, 0.15) is 24.0 Å². The van der Waals surface area contributed by atoms with E-state index in [4.69, 9.17) is 18.9 Å². The number of carbonyl (C=O) groups excluding carboxylic acids is 1. The predicted molar refractivity (Wildman–Crippen MR) is 138 cm³/mol. The highest BCUT2D eigenvalue weighted by Crippen LogP contribution is 2.29. The maximum Gasteiger partial charge on any atom is 0.407 e. The van der Waals surface area contributed by atoms with Crippen molar-refractivity contribution in [2.45, 2.75) is 26.1 Å². The molecule has 0 aromatic heterocycles. The van der Waals surface area contributed by atoms with Crippen molar-refractivity contribution in [2.75, 3.05) is 27.4 Å². The number of amides is 1. The number of ether oxygens (including phenoxy) is 4. The molecule has 6 nitrogen and oxygen atoms in total. The molecule has 0 saturated carbocycles. The summed E-state index contributed by atoms with van der Waals surface area (Å²) in [6.45, 7) is 1.83. The first kappa shape index (κ1) is 24.4. The van der Waals surface area contributed by atoms with Gasteiger partial charge in [0.25, 0.3) is 0 Å². The molecule has 35 heavy (non-hydrogen) atoms. The first-order valence-electron chi connectivity index (χ1n) is 11.8. The van der Waals surface area contributed by atoms with E-state index >= 15 is 0 Å². The molecule has 0 heterocycles. The van der Waals surface area contributed by atoms with Crippen molar-refractivity contribution in [1.29, 1.82) is 0 Å². The van der Waals surface area contributed by atoms with Crippen LogP contribution in [0.2, 0.25) is 0 Å². The van der Waals surface area contributed by atoms with Crippen molar-refractivity contribution in [3.8, 4) is 11.5 Å². The lowest BCUT2D eigenvalue weighted by Gasteiger charge is -2.13. The van der Waals surface area contributed by atoms with Gasteiger partial charge in [-0.3, -0.25) is 0 Å². The molecule has 1 N–H and O–H groups in total. The summed E-state index contributed by atoms with van der Waals surface area (Å²) in [5.41, 5.74) is 2.01. The Kier molecular flexibility index (Phi) is 8.41. The topological polar surface area (TPSA) is 66.0 Å². The van der Waals surface area contributed by atoms with E-state index in [1.807, 2.05) is 42.5 Å². The van der Waals surface area contributed by atoms with E-state index in [0.29, 0.717) is 19.8 Å². The van der Waals surface area contributed by atoms with Crippen LogP contribution >= 0.6 is 0 Å². The smallest absolute Gasteiger partial charge is 0.407 e. The van der Waals surface area contributed by atoms with E-state index in [1.165, 1.54) is 0 Å². The van der Waals surface area contributed by atoms with E-state index in [2.05, 4.69) is 35.6 Å². The molecule has 0 fully saturated rings. The Balaban J connectivity index is 1.20. The van der Waals surface area contributed by atoms with Crippen LogP contribution in [0.4, 0.5) is 4.79 Å². The molecule has 1 amide bonds. The van der Waals surface area contributed by atoms with Gasteiger partial charge in [-0.05, 0) is 58.1 Å². The number of unbranched alkanes of at least 4 members (excludes halogenated alkanes) is 1. The van der Waals surface area contributed by atoms with E-state index in [1.54, 1.807) is 14.2 Å². The highest BCUT2D eigenvalue weighted by molar-refractivity contribution is 6.02. The lowest BCUT2D eigenvalue weighted by Crippen LogP contribution is -2.25. The van der Waals surface area contributed by atoms with Crippen molar-refractivity contribution in [3.63, 3.8) is 0 Å². The SMILES string of the molecule is COc1cc(COCCCCNC(=O)OCc2c3ccccc3cc3ccccc23)cc(OC)c1. The summed E-state index contributed by atoms with van der Waals surface area (Å²) < 4.78 is 21.9. The summed E-state index contributed by atoms with van der Waals surface area (Å²) in [6, 6.07) is 24.2. The maximum atomic E-state index is 12.3. The van der Waals surface area contributed by atoms with E-state index in [9.17, 15) is 4.79 Å².